The zero-order valence-corrected chi connectivity index (χ0v) is 15.7. The van der Waals surface area contributed by atoms with E-state index in [9.17, 15) is 9.59 Å². The van der Waals surface area contributed by atoms with Crippen molar-refractivity contribution in [2.45, 2.75) is 57.4 Å². The molecule has 2 fully saturated rings. The Morgan fingerprint density at radius 1 is 1.04 bits per heavy atom. The Labute approximate surface area is 156 Å². The van der Waals surface area contributed by atoms with Gasteiger partial charge in [-0.05, 0) is 43.4 Å². The predicted octanol–water partition coefficient (Wildman–Crippen LogP) is 2.93. The van der Waals surface area contributed by atoms with Gasteiger partial charge in [-0.25, -0.2) is 0 Å². The number of carbonyl (C=O) groups is 2. The molecule has 3 rings (SSSR count). The topological polar surface area (TPSA) is 58.6 Å². The van der Waals surface area contributed by atoms with E-state index in [4.69, 9.17) is 4.74 Å². The quantitative estimate of drug-likeness (QED) is 0.880. The van der Waals surface area contributed by atoms with Gasteiger partial charge in [-0.3, -0.25) is 9.59 Å². The van der Waals surface area contributed by atoms with Gasteiger partial charge in [0.05, 0.1) is 13.5 Å². The second-order valence-corrected chi connectivity index (χ2v) is 7.53. The molecule has 1 saturated heterocycles. The van der Waals surface area contributed by atoms with E-state index in [1.54, 1.807) is 7.11 Å². The van der Waals surface area contributed by atoms with Crippen molar-refractivity contribution in [1.82, 2.24) is 10.2 Å². The summed E-state index contributed by atoms with van der Waals surface area (Å²) in [5.74, 6) is 1.43. The van der Waals surface area contributed by atoms with E-state index in [1.165, 1.54) is 19.3 Å². The highest BCUT2D eigenvalue weighted by molar-refractivity contribution is 5.80. The largest absolute Gasteiger partial charge is 0.497 e. The molecule has 1 aliphatic carbocycles. The molecule has 5 heteroatoms. The van der Waals surface area contributed by atoms with Crippen LogP contribution in [-0.2, 0) is 16.0 Å². The number of likely N-dealkylation sites (tertiary alicyclic amines) is 1. The van der Waals surface area contributed by atoms with Crippen molar-refractivity contribution < 1.29 is 14.3 Å². The van der Waals surface area contributed by atoms with Crippen LogP contribution in [0.15, 0.2) is 24.3 Å². The molecule has 142 valence electrons. The Hall–Kier alpha value is -2.04. The summed E-state index contributed by atoms with van der Waals surface area (Å²) in [7, 11) is 1.63. The normalized spacial score (nSPS) is 19.2. The van der Waals surface area contributed by atoms with Crippen LogP contribution in [0, 0.1) is 5.92 Å². The molecule has 5 nitrogen and oxygen atoms in total. The number of ether oxygens (including phenoxy) is 1. The third-order valence-electron chi connectivity index (χ3n) is 5.65. The number of amides is 2. The predicted molar refractivity (Wildman–Crippen MR) is 101 cm³/mol. The number of methoxy groups -OCH3 is 1. The lowest BCUT2D eigenvalue weighted by Crippen LogP contribution is -2.48. The first-order chi connectivity index (χ1) is 12.7. The molecule has 1 N–H and O–H groups in total. The minimum atomic E-state index is 0.0484. The summed E-state index contributed by atoms with van der Waals surface area (Å²) in [4.78, 5) is 26.9. The van der Waals surface area contributed by atoms with Gasteiger partial charge >= 0.3 is 0 Å². The molecule has 2 aliphatic rings. The van der Waals surface area contributed by atoms with Crippen molar-refractivity contribution in [3.8, 4) is 5.75 Å². The van der Waals surface area contributed by atoms with Gasteiger partial charge < -0.3 is 15.0 Å². The average Bonchev–Trinajstić information content (AvgIpc) is 2.69. The molecule has 26 heavy (non-hydrogen) atoms. The van der Waals surface area contributed by atoms with Gasteiger partial charge in [-0.2, -0.15) is 0 Å². The molecule has 0 radical (unpaired) electrons. The van der Waals surface area contributed by atoms with Crippen molar-refractivity contribution in [3.05, 3.63) is 29.8 Å². The molecule has 0 bridgehead atoms. The van der Waals surface area contributed by atoms with Gasteiger partial charge in [0.2, 0.25) is 11.8 Å². The number of nitrogens with one attached hydrogen (secondary N) is 1. The van der Waals surface area contributed by atoms with Crippen LogP contribution in [0.1, 0.15) is 50.5 Å². The standard InChI is InChI=1S/C21H30N2O3/c1-26-19-9-7-16(8-10-19)15-20(24)22-18-11-13-23(14-12-18)21(25)17-5-3-2-4-6-17/h7-10,17-18H,2-6,11-15H2,1H3,(H,22,24). The highest BCUT2D eigenvalue weighted by atomic mass is 16.5. The lowest BCUT2D eigenvalue weighted by Gasteiger charge is -2.35. The third-order valence-corrected chi connectivity index (χ3v) is 5.65. The second-order valence-electron chi connectivity index (χ2n) is 7.53. The van der Waals surface area contributed by atoms with Crippen molar-refractivity contribution in [1.29, 1.82) is 0 Å². The molecule has 0 spiro atoms. The molecule has 1 saturated carbocycles. The number of hydrogen-bond donors (Lipinski definition) is 1. The fourth-order valence-electron chi connectivity index (χ4n) is 4.06. The minimum absolute atomic E-state index is 0.0484. The van der Waals surface area contributed by atoms with E-state index < -0.39 is 0 Å². The SMILES string of the molecule is COc1ccc(CC(=O)NC2CCN(C(=O)C3CCCCC3)CC2)cc1. The molecular weight excluding hydrogens is 328 g/mol. The molecule has 1 aromatic carbocycles. The lowest BCUT2D eigenvalue weighted by atomic mass is 9.87. The Morgan fingerprint density at radius 3 is 2.31 bits per heavy atom. The summed E-state index contributed by atoms with van der Waals surface area (Å²) in [6.07, 6.45) is 7.84. The second kappa shape index (κ2) is 9.06. The molecule has 1 heterocycles. The van der Waals surface area contributed by atoms with E-state index in [1.807, 2.05) is 29.2 Å². The maximum Gasteiger partial charge on any atom is 0.225 e. The highest BCUT2D eigenvalue weighted by Gasteiger charge is 2.29. The Kier molecular flexibility index (Phi) is 6.53. The number of carbonyl (C=O) groups excluding carboxylic acids is 2. The molecule has 1 aromatic rings. The van der Waals surface area contributed by atoms with Crippen LogP contribution < -0.4 is 10.1 Å². The minimum Gasteiger partial charge on any atom is -0.497 e. The van der Waals surface area contributed by atoms with Crippen LogP contribution >= 0.6 is 0 Å². The molecule has 1 aliphatic heterocycles. The Balaban J connectivity index is 1.41. The van der Waals surface area contributed by atoms with E-state index in [0.29, 0.717) is 12.3 Å². The van der Waals surface area contributed by atoms with Gasteiger partial charge in [-0.15, -0.1) is 0 Å². The van der Waals surface area contributed by atoms with Crippen LogP contribution in [0.3, 0.4) is 0 Å². The molecule has 0 aromatic heterocycles. The Morgan fingerprint density at radius 2 is 1.69 bits per heavy atom. The van der Waals surface area contributed by atoms with Gasteiger partial charge in [0.1, 0.15) is 5.75 Å². The number of nitrogens with zero attached hydrogens (tertiary/aromatic N) is 1. The van der Waals surface area contributed by atoms with Crippen LogP contribution in [0.25, 0.3) is 0 Å². The average molecular weight is 358 g/mol. The van der Waals surface area contributed by atoms with E-state index in [2.05, 4.69) is 5.32 Å². The molecular formula is C21H30N2O3. The van der Waals surface area contributed by atoms with Crippen LogP contribution in [-0.4, -0.2) is 43.0 Å². The van der Waals surface area contributed by atoms with E-state index in [-0.39, 0.29) is 17.9 Å². The van der Waals surface area contributed by atoms with E-state index >= 15 is 0 Å². The van der Waals surface area contributed by atoms with Crippen LogP contribution in [0.4, 0.5) is 0 Å². The maximum absolute atomic E-state index is 12.6. The van der Waals surface area contributed by atoms with Gasteiger partial charge in [-0.1, -0.05) is 31.4 Å². The summed E-state index contributed by atoms with van der Waals surface area (Å²) < 4.78 is 5.14. The van der Waals surface area contributed by atoms with Crippen LogP contribution in [0.5, 0.6) is 5.75 Å². The number of rotatable bonds is 5. The fraction of sp³-hybridized carbons (Fsp3) is 0.619. The first-order valence-corrected chi connectivity index (χ1v) is 9.87. The van der Waals surface area contributed by atoms with Crippen molar-refractivity contribution in [3.63, 3.8) is 0 Å². The van der Waals surface area contributed by atoms with Gasteiger partial charge in [0.25, 0.3) is 0 Å². The summed E-state index contributed by atoms with van der Waals surface area (Å²) >= 11 is 0. The van der Waals surface area contributed by atoms with Crippen molar-refractivity contribution >= 4 is 11.8 Å². The first kappa shape index (κ1) is 18.7. The summed E-state index contributed by atoms with van der Waals surface area (Å²) in [5, 5.41) is 3.13. The first-order valence-electron chi connectivity index (χ1n) is 9.87. The number of hydrogen-bond acceptors (Lipinski definition) is 3. The lowest BCUT2D eigenvalue weighted by molar-refractivity contribution is -0.137. The fourth-order valence-corrected chi connectivity index (χ4v) is 4.06. The van der Waals surface area contributed by atoms with Crippen molar-refractivity contribution in [2.75, 3.05) is 20.2 Å². The zero-order valence-electron chi connectivity index (χ0n) is 15.7. The number of piperidine rings is 1. The van der Waals surface area contributed by atoms with Crippen LogP contribution in [0.2, 0.25) is 0 Å². The Bertz CT molecular complexity index is 600. The monoisotopic (exact) mass is 358 g/mol. The van der Waals surface area contributed by atoms with E-state index in [0.717, 1.165) is 50.1 Å². The summed E-state index contributed by atoms with van der Waals surface area (Å²) in [6.45, 7) is 1.53. The number of benzene rings is 1. The maximum atomic E-state index is 12.6. The highest BCUT2D eigenvalue weighted by Crippen LogP contribution is 2.26. The summed E-state index contributed by atoms with van der Waals surface area (Å²) in [5.41, 5.74) is 0.980. The van der Waals surface area contributed by atoms with Crippen molar-refractivity contribution in [2.24, 2.45) is 5.92 Å². The molecule has 0 atom stereocenters. The third kappa shape index (κ3) is 4.99. The summed E-state index contributed by atoms with van der Waals surface area (Å²) in [6, 6.07) is 7.76. The smallest absolute Gasteiger partial charge is 0.225 e. The van der Waals surface area contributed by atoms with Gasteiger partial charge in [0.15, 0.2) is 0 Å². The zero-order chi connectivity index (χ0) is 18.4. The molecule has 0 unspecified atom stereocenters. The van der Waals surface area contributed by atoms with Gasteiger partial charge in [0, 0.05) is 25.0 Å². The molecule has 2 amide bonds.